The second-order valence-electron chi connectivity index (χ2n) is 4.56. The number of nitrogens with zero attached hydrogens (tertiary/aromatic N) is 1. The van der Waals surface area contributed by atoms with Crippen LogP contribution in [0, 0.1) is 0 Å². The van der Waals surface area contributed by atoms with Crippen molar-refractivity contribution in [1.82, 2.24) is 4.90 Å². The largest absolute Gasteiger partial charge is 0.459 e. The first kappa shape index (κ1) is 12.2. The molecule has 1 aromatic rings. The monoisotopic (exact) mass is 236 g/mol. The highest BCUT2D eigenvalue weighted by molar-refractivity contribution is 5.91. The van der Waals surface area contributed by atoms with Gasteiger partial charge >= 0.3 is 0 Å². The van der Waals surface area contributed by atoms with E-state index in [1.165, 1.54) is 12.8 Å². The van der Waals surface area contributed by atoms with Gasteiger partial charge in [0.2, 0.25) is 0 Å². The van der Waals surface area contributed by atoms with Gasteiger partial charge in [-0.05, 0) is 37.9 Å². The highest BCUT2D eigenvalue weighted by Crippen LogP contribution is 2.25. The standard InChI is InChI=1S/C13H20N2O2/c14-8-4-9-15(11-5-1-2-6-11)13(16)12-7-3-10-17-12/h3,7,10-11H,1-2,4-6,8-9,14H2. The van der Waals surface area contributed by atoms with Crippen LogP contribution in [0.5, 0.6) is 0 Å². The SMILES string of the molecule is NCCCN(C(=O)c1ccco1)C1CCCC1. The summed E-state index contributed by atoms with van der Waals surface area (Å²) in [5, 5.41) is 0. The van der Waals surface area contributed by atoms with Gasteiger partial charge in [0.25, 0.3) is 5.91 Å². The van der Waals surface area contributed by atoms with Gasteiger partial charge in [-0.2, -0.15) is 0 Å². The molecule has 4 heteroatoms. The number of hydrogen-bond acceptors (Lipinski definition) is 3. The second kappa shape index (κ2) is 5.87. The Hall–Kier alpha value is -1.29. The summed E-state index contributed by atoms with van der Waals surface area (Å²) in [4.78, 5) is 14.2. The van der Waals surface area contributed by atoms with Gasteiger partial charge in [0.05, 0.1) is 6.26 Å². The van der Waals surface area contributed by atoms with E-state index in [2.05, 4.69) is 0 Å². The Morgan fingerprint density at radius 2 is 2.24 bits per heavy atom. The van der Waals surface area contributed by atoms with E-state index in [-0.39, 0.29) is 5.91 Å². The van der Waals surface area contributed by atoms with E-state index in [0.717, 1.165) is 25.8 Å². The maximum Gasteiger partial charge on any atom is 0.289 e. The third-order valence-electron chi connectivity index (χ3n) is 3.36. The Morgan fingerprint density at radius 1 is 1.47 bits per heavy atom. The highest BCUT2D eigenvalue weighted by atomic mass is 16.3. The molecular weight excluding hydrogens is 216 g/mol. The molecular formula is C13H20N2O2. The van der Waals surface area contributed by atoms with Crippen molar-refractivity contribution in [1.29, 1.82) is 0 Å². The van der Waals surface area contributed by atoms with Gasteiger partial charge in [-0.25, -0.2) is 0 Å². The van der Waals surface area contributed by atoms with Gasteiger partial charge in [-0.3, -0.25) is 4.79 Å². The second-order valence-corrected chi connectivity index (χ2v) is 4.56. The molecule has 0 spiro atoms. The molecule has 0 aromatic carbocycles. The number of carbonyl (C=O) groups excluding carboxylic acids is 1. The number of furan rings is 1. The lowest BCUT2D eigenvalue weighted by atomic mass is 10.2. The van der Waals surface area contributed by atoms with E-state index in [4.69, 9.17) is 10.2 Å². The van der Waals surface area contributed by atoms with Crippen molar-refractivity contribution >= 4 is 5.91 Å². The van der Waals surface area contributed by atoms with Crippen LogP contribution in [0.4, 0.5) is 0 Å². The molecule has 4 nitrogen and oxygen atoms in total. The predicted molar refractivity (Wildman–Crippen MR) is 65.7 cm³/mol. The molecule has 2 N–H and O–H groups in total. The van der Waals surface area contributed by atoms with Crippen molar-refractivity contribution in [3.05, 3.63) is 24.2 Å². The van der Waals surface area contributed by atoms with Crippen molar-refractivity contribution in [3.63, 3.8) is 0 Å². The van der Waals surface area contributed by atoms with Crippen LogP contribution in [0.15, 0.2) is 22.8 Å². The Kier molecular flexibility index (Phi) is 4.20. The summed E-state index contributed by atoms with van der Waals surface area (Å²) < 4.78 is 5.19. The summed E-state index contributed by atoms with van der Waals surface area (Å²) in [7, 11) is 0. The zero-order chi connectivity index (χ0) is 12.1. The maximum atomic E-state index is 12.3. The van der Waals surface area contributed by atoms with Gasteiger partial charge < -0.3 is 15.1 Å². The lowest BCUT2D eigenvalue weighted by molar-refractivity contribution is 0.0647. The van der Waals surface area contributed by atoms with E-state index >= 15 is 0 Å². The lowest BCUT2D eigenvalue weighted by Crippen LogP contribution is -2.40. The molecule has 0 unspecified atom stereocenters. The molecule has 0 bridgehead atoms. The minimum absolute atomic E-state index is 0.00958. The minimum Gasteiger partial charge on any atom is -0.459 e. The lowest BCUT2D eigenvalue weighted by Gasteiger charge is -2.28. The molecule has 0 aliphatic heterocycles. The van der Waals surface area contributed by atoms with Gasteiger partial charge in [-0.1, -0.05) is 12.8 Å². The Balaban J connectivity index is 2.06. The molecule has 17 heavy (non-hydrogen) atoms. The van der Waals surface area contributed by atoms with Crippen LogP contribution in [0.2, 0.25) is 0 Å². The molecule has 0 radical (unpaired) electrons. The summed E-state index contributed by atoms with van der Waals surface area (Å²) >= 11 is 0. The third kappa shape index (κ3) is 2.88. The minimum atomic E-state index is 0.00958. The number of rotatable bonds is 5. The first-order chi connectivity index (χ1) is 8.33. The van der Waals surface area contributed by atoms with Crippen LogP contribution in [0.3, 0.4) is 0 Å². The van der Waals surface area contributed by atoms with Crippen LogP contribution in [-0.2, 0) is 0 Å². The van der Waals surface area contributed by atoms with Crippen LogP contribution in [0.25, 0.3) is 0 Å². The molecule has 1 aliphatic carbocycles. The average Bonchev–Trinajstić information content (AvgIpc) is 3.02. The molecule has 1 fully saturated rings. The Bertz CT molecular complexity index is 342. The fourth-order valence-electron chi connectivity index (χ4n) is 2.47. The summed E-state index contributed by atoms with van der Waals surface area (Å²) in [6.07, 6.45) is 7.05. The molecule has 1 saturated carbocycles. The van der Waals surface area contributed by atoms with Crippen molar-refractivity contribution in [2.24, 2.45) is 5.73 Å². The molecule has 2 rings (SSSR count). The quantitative estimate of drug-likeness (QED) is 0.850. The fraction of sp³-hybridized carbons (Fsp3) is 0.615. The molecule has 1 heterocycles. The summed E-state index contributed by atoms with van der Waals surface area (Å²) in [5.74, 6) is 0.448. The van der Waals surface area contributed by atoms with Crippen molar-refractivity contribution in [2.75, 3.05) is 13.1 Å². The first-order valence-corrected chi connectivity index (χ1v) is 6.37. The summed E-state index contributed by atoms with van der Waals surface area (Å²) in [6, 6.07) is 3.86. The molecule has 1 aliphatic rings. The van der Waals surface area contributed by atoms with Crippen LogP contribution >= 0.6 is 0 Å². The third-order valence-corrected chi connectivity index (χ3v) is 3.36. The number of carbonyl (C=O) groups is 1. The zero-order valence-corrected chi connectivity index (χ0v) is 10.1. The van der Waals surface area contributed by atoms with E-state index in [9.17, 15) is 4.79 Å². The first-order valence-electron chi connectivity index (χ1n) is 6.37. The topological polar surface area (TPSA) is 59.5 Å². The van der Waals surface area contributed by atoms with Crippen molar-refractivity contribution in [2.45, 2.75) is 38.1 Å². The van der Waals surface area contributed by atoms with Gasteiger partial charge in [0.15, 0.2) is 5.76 Å². The van der Waals surface area contributed by atoms with E-state index in [0.29, 0.717) is 18.3 Å². The number of amides is 1. The molecule has 1 amide bonds. The Morgan fingerprint density at radius 3 is 2.82 bits per heavy atom. The van der Waals surface area contributed by atoms with E-state index < -0.39 is 0 Å². The summed E-state index contributed by atoms with van der Waals surface area (Å²) in [5.41, 5.74) is 5.53. The Labute approximate surface area is 102 Å². The van der Waals surface area contributed by atoms with E-state index in [1.54, 1.807) is 18.4 Å². The normalized spacial score (nSPS) is 16.3. The van der Waals surface area contributed by atoms with Gasteiger partial charge in [0, 0.05) is 12.6 Å². The maximum absolute atomic E-state index is 12.3. The fourth-order valence-corrected chi connectivity index (χ4v) is 2.47. The van der Waals surface area contributed by atoms with Gasteiger partial charge in [-0.15, -0.1) is 0 Å². The predicted octanol–water partition coefficient (Wildman–Crippen LogP) is 2.01. The summed E-state index contributed by atoms with van der Waals surface area (Å²) in [6.45, 7) is 1.36. The van der Waals surface area contributed by atoms with Crippen LogP contribution in [-0.4, -0.2) is 29.9 Å². The molecule has 1 aromatic heterocycles. The van der Waals surface area contributed by atoms with Crippen LogP contribution in [0.1, 0.15) is 42.7 Å². The van der Waals surface area contributed by atoms with Crippen molar-refractivity contribution < 1.29 is 9.21 Å². The molecule has 0 saturated heterocycles. The number of nitrogens with two attached hydrogens (primary N) is 1. The smallest absolute Gasteiger partial charge is 0.289 e. The molecule has 94 valence electrons. The number of hydrogen-bond donors (Lipinski definition) is 1. The zero-order valence-electron chi connectivity index (χ0n) is 10.1. The van der Waals surface area contributed by atoms with Gasteiger partial charge in [0.1, 0.15) is 0 Å². The molecule has 0 atom stereocenters. The van der Waals surface area contributed by atoms with Crippen LogP contribution < -0.4 is 5.73 Å². The highest BCUT2D eigenvalue weighted by Gasteiger charge is 2.28. The van der Waals surface area contributed by atoms with Crippen molar-refractivity contribution in [3.8, 4) is 0 Å². The van der Waals surface area contributed by atoms with E-state index in [1.807, 2.05) is 4.90 Å². The average molecular weight is 236 g/mol.